The number of nitrogens with one attached hydrogen (secondary N) is 2. The lowest BCUT2D eigenvalue weighted by molar-refractivity contribution is -0.385. The van der Waals surface area contributed by atoms with Crippen LogP contribution in [0.15, 0.2) is 66.0 Å². The van der Waals surface area contributed by atoms with Crippen LogP contribution in [0.1, 0.15) is 17.3 Å². The van der Waals surface area contributed by atoms with Gasteiger partial charge in [-0.05, 0) is 42.0 Å². The van der Waals surface area contributed by atoms with Gasteiger partial charge in [0.2, 0.25) is 0 Å². The third-order valence-corrected chi connectivity index (χ3v) is 5.70. The minimum atomic E-state index is -0.595. The number of aromatic nitrogens is 1. The van der Waals surface area contributed by atoms with Crippen molar-refractivity contribution in [3.8, 4) is 17.0 Å². The number of nitro benzene ring substituents is 1. The van der Waals surface area contributed by atoms with Gasteiger partial charge in [-0.3, -0.25) is 20.2 Å². The summed E-state index contributed by atoms with van der Waals surface area (Å²) in [7, 11) is 0. The summed E-state index contributed by atoms with van der Waals surface area (Å²) in [6.07, 6.45) is 0. The maximum atomic E-state index is 12.5. The first-order chi connectivity index (χ1) is 16.0. The third-order valence-electron chi connectivity index (χ3n) is 4.73. The molecule has 1 amide bonds. The number of thiocarbonyl (C=S) groups is 1. The molecule has 3 aromatic carbocycles. The SMILES string of the molecule is CCOc1ccc(C(=O)NC(=S)Nc2nc(-c3cccc4ccccc34)cs2)cc1[N+](=O)[O-]. The predicted octanol–water partition coefficient (Wildman–Crippen LogP) is 5.40. The van der Waals surface area contributed by atoms with E-state index in [0.717, 1.165) is 28.1 Å². The number of rotatable bonds is 6. The molecule has 166 valence electrons. The fourth-order valence-corrected chi connectivity index (χ4v) is 4.26. The second-order valence-electron chi connectivity index (χ2n) is 6.85. The Morgan fingerprint density at radius 2 is 1.97 bits per heavy atom. The molecule has 0 atom stereocenters. The average Bonchev–Trinajstić information content (AvgIpc) is 3.27. The Kier molecular flexibility index (Phi) is 6.57. The number of benzene rings is 3. The van der Waals surface area contributed by atoms with Crippen molar-refractivity contribution in [3.63, 3.8) is 0 Å². The minimum Gasteiger partial charge on any atom is -0.487 e. The monoisotopic (exact) mass is 478 g/mol. The fourth-order valence-electron chi connectivity index (χ4n) is 3.29. The van der Waals surface area contributed by atoms with Crippen LogP contribution >= 0.6 is 23.6 Å². The Hall–Kier alpha value is -3.89. The zero-order valence-electron chi connectivity index (χ0n) is 17.4. The van der Waals surface area contributed by atoms with Crippen LogP contribution in [0, 0.1) is 10.1 Å². The van der Waals surface area contributed by atoms with Gasteiger partial charge in [0, 0.05) is 22.6 Å². The van der Waals surface area contributed by atoms with Gasteiger partial charge < -0.3 is 10.1 Å². The van der Waals surface area contributed by atoms with E-state index in [4.69, 9.17) is 17.0 Å². The summed E-state index contributed by atoms with van der Waals surface area (Å²) in [6.45, 7) is 1.99. The van der Waals surface area contributed by atoms with Gasteiger partial charge >= 0.3 is 5.69 Å². The van der Waals surface area contributed by atoms with Crippen LogP contribution in [-0.4, -0.2) is 27.5 Å². The number of thiazole rings is 1. The Morgan fingerprint density at radius 1 is 1.18 bits per heavy atom. The molecule has 0 saturated carbocycles. The standard InChI is InChI=1S/C23H18N4O4S2/c1-2-31-20-11-10-15(12-19(20)27(29)30)21(28)25-22(32)26-23-24-18(13-33-23)17-9-5-7-14-6-3-4-8-16(14)17/h3-13H,2H2,1H3,(H2,24,25,26,28,32). The summed E-state index contributed by atoms with van der Waals surface area (Å²) in [5, 5.41) is 21.4. The van der Waals surface area contributed by atoms with Crippen LogP contribution in [0.2, 0.25) is 0 Å². The van der Waals surface area contributed by atoms with Crippen molar-refractivity contribution < 1.29 is 14.5 Å². The summed E-state index contributed by atoms with van der Waals surface area (Å²) in [6, 6.07) is 18.1. The second-order valence-corrected chi connectivity index (χ2v) is 8.11. The summed E-state index contributed by atoms with van der Waals surface area (Å²) in [4.78, 5) is 27.8. The fraction of sp³-hybridized carbons (Fsp3) is 0.0870. The zero-order chi connectivity index (χ0) is 23.4. The number of nitro groups is 1. The molecular formula is C23H18N4O4S2. The average molecular weight is 479 g/mol. The van der Waals surface area contributed by atoms with E-state index < -0.39 is 10.8 Å². The summed E-state index contributed by atoms with van der Waals surface area (Å²) >= 11 is 6.58. The van der Waals surface area contributed by atoms with Gasteiger partial charge in [0.25, 0.3) is 5.91 Å². The first-order valence-corrected chi connectivity index (χ1v) is 11.2. The first kappa shape index (κ1) is 22.3. The van der Waals surface area contributed by atoms with E-state index >= 15 is 0 Å². The molecule has 0 spiro atoms. The largest absolute Gasteiger partial charge is 0.487 e. The van der Waals surface area contributed by atoms with E-state index in [1.54, 1.807) is 6.92 Å². The third kappa shape index (κ3) is 4.97. The summed E-state index contributed by atoms with van der Waals surface area (Å²) in [5.74, 6) is -0.479. The smallest absolute Gasteiger partial charge is 0.311 e. The highest BCUT2D eigenvalue weighted by atomic mass is 32.1. The molecule has 1 aromatic heterocycles. The Balaban J connectivity index is 1.47. The Labute approximate surface area is 198 Å². The zero-order valence-corrected chi connectivity index (χ0v) is 19.0. The number of carbonyl (C=O) groups excluding carboxylic acids is 1. The van der Waals surface area contributed by atoms with Crippen LogP contribution in [-0.2, 0) is 0 Å². The number of hydrogen-bond donors (Lipinski definition) is 2. The van der Waals surface area contributed by atoms with E-state index in [2.05, 4.69) is 15.6 Å². The van der Waals surface area contributed by atoms with E-state index in [1.165, 1.54) is 23.5 Å². The molecular weight excluding hydrogens is 460 g/mol. The molecule has 4 rings (SSSR count). The molecule has 0 aliphatic heterocycles. The molecule has 0 aliphatic carbocycles. The van der Waals surface area contributed by atoms with Gasteiger partial charge in [0.1, 0.15) is 0 Å². The molecule has 33 heavy (non-hydrogen) atoms. The van der Waals surface area contributed by atoms with Crippen molar-refractivity contribution in [2.24, 2.45) is 0 Å². The van der Waals surface area contributed by atoms with Crippen LogP contribution in [0.4, 0.5) is 10.8 Å². The van der Waals surface area contributed by atoms with Crippen molar-refractivity contribution in [1.82, 2.24) is 10.3 Å². The maximum absolute atomic E-state index is 12.5. The highest BCUT2D eigenvalue weighted by Crippen LogP contribution is 2.31. The number of fused-ring (bicyclic) bond motifs is 1. The lowest BCUT2D eigenvalue weighted by atomic mass is 10.0. The molecule has 0 bridgehead atoms. The Bertz CT molecular complexity index is 1360. The normalized spacial score (nSPS) is 10.6. The topological polar surface area (TPSA) is 106 Å². The molecule has 0 fully saturated rings. The molecule has 10 heteroatoms. The van der Waals surface area contributed by atoms with Crippen LogP contribution in [0.5, 0.6) is 5.75 Å². The van der Waals surface area contributed by atoms with Crippen LogP contribution in [0.3, 0.4) is 0 Å². The molecule has 4 aromatic rings. The molecule has 8 nitrogen and oxygen atoms in total. The van der Waals surface area contributed by atoms with E-state index in [1.807, 2.05) is 47.8 Å². The number of hydrogen-bond acceptors (Lipinski definition) is 7. The highest BCUT2D eigenvalue weighted by molar-refractivity contribution is 7.80. The van der Waals surface area contributed by atoms with Crippen molar-refractivity contribution >= 4 is 56.2 Å². The van der Waals surface area contributed by atoms with Gasteiger partial charge in [0.15, 0.2) is 16.0 Å². The molecule has 0 unspecified atom stereocenters. The van der Waals surface area contributed by atoms with E-state index in [0.29, 0.717) is 5.13 Å². The molecule has 0 radical (unpaired) electrons. The van der Waals surface area contributed by atoms with Crippen molar-refractivity contribution in [2.45, 2.75) is 6.92 Å². The van der Waals surface area contributed by atoms with Gasteiger partial charge in [-0.1, -0.05) is 42.5 Å². The first-order valence-electron chi connectivity index (χ1n) is 9.93. The molecule has 0 saturated heterocycles. The highest BCUT2D eigenvalue weighted by Gasteiger charge is 2.19. The molecule has 2 N–H and O–H groups in total. The predicted molar refractivity (Wildman–Crippen MR) is 133 cm³/mol. The second kappa shape index (κ2) is 9.72. The lowest BCUT2D eigenvalue weighted by Crippen LogP contribution is -2.34. The van der Waals surface area contributed by atoms with Gasteiger partial charge in [-0.2, -0.15) is 0 Å². The number of ether oxygens (including phenoxy) is 1. The summed E-state index contributed by atoms with van der Waals surface area (Å²) < 4.78 is 5.24. The molecule has 0 aliphatic rings. The van der Waals surface area contributed by atoms with E-state index in [9.17, 15) is 14.9 Å². The van der Waals surface area contributed by atoms with Crippen molar-refractivity contribution in [1.29, 1.82) is 0 Å². The van der Waals surface area contributed by atoms with Gasteiger partial charge in [0.05, 0.1) is 17.2 Å². The number of anilines is 1. The molecule has 1 heterocycles. The summed E-state index contributed by atoms with van der Waals surface area (Å²) in [5.41, 5.74) is 1.58. The number of carbonyl (C=O) groups is 1. The lowest BCUT2D eigenvalue weighted by Gasteiger charge is -2.09. The van der Waals surface area contributed by atoms with Gasteiger partial charge in [-0.25, -0.2) is 4.98 Å². The van der Waals surface area contributed by atoms with E-state index in [-0.39, 0.29) is 28.7 Å². The van der Waals surface area contributed by atoms with Crippen molar-refractivity contribution in [3.05, 3.63) is 81.7 Å². The quantitative estimate of drug-likeness (QED) is 0.217. The van der Waals surface area contributed by atoms with Crippen LogP contribution < -0.4 is 15.4 Å². The maximum Gasteiger partial charge on any atom is 0.311 e. The van der Waals surface area contributed by atoms with Crippen LogP contribution in [0.25, 0.3) is 22.0 Å². The number of amides is 1. The minimum absolute atomic E-state index is 0.0374. The van der Waals surface area contributed by atoms with Gasteiger partial charge in [-0.15, -0.1) is 11.3 Å². The van der Waals surface area contributed by atoms with Crippen molar-refractivity contribution in [2.75, 3.05) is 11.9 Å². The number of nitrogens with zero attached hydrogens (tertiary/aromatic N) is 2. The Morgan fingerprint density at radius 3 is 2.76 bits per heavy atom.